The Morgan fingerprint density at radius 3 is 2.00 bits per heavy atom. The van der Waals surface area contributed by atoms with Crippen molar-refractivity contribution in [3.05, 3.63) is 0 Å². The van der Waals surface area contributed by atoms with Gasteiger partial charge in [-0.2, -0.15) is 0 Å². The Kier molecular flexibility index (Phi) is 11.3. The molecule has 11 nitrogen and oxygen atoms in total. The molecule has 1 saturated carbocycles. The molecule has 0 aromatic rings. The van der Waals surface area contributed by atoms with Crippen LogP contribution in [-0.4, -0.2) is 76.4 Å². The number of alkyl carbamates (subject to hydrolysis) is 1. The zero-order valence-electron chi connectivity index (χ0n) is 18.2. The lowest BCUT2D eigenvalue weighted by Crippen LogP contribution is -2.43. The van der Waals surface area contributed by atoms with E-state index in [1.54, 1.807) is 0 Å². The van der Waals surface area contributed by atoms with Crippen molar-refractivity contribution >= 4 is 23.8 Å². The number of ether oxygens (including phenoxy) is 2. The van der Waals surface area contributed by atoms with Crippen LogP contribution in [0.1, 0.15) is 25.7 Å². The molecular formula is C21H33N5O6. The largest absolute Gasteiger partial charge is 0.449 e. The first-order valence-electron chi connectivity index (χ1n) is 11.0. The number of carbonyl (C=O) groups is 4. The molecule has 11 heteroatoms. The minimum absolute atomic E-state index is 0.206. The Morgan fingerprint density at radius 1 is 0.812 bits per heavy atom. The van der Waals surface area contributed by atoms with Crippen LogP contribution in [0, 0.1) is 29.6 Å². The van der Waals surface area contributed by atoms with E-state index in [-0.39, 0.29) is 45.3 Å². The van der Waals surface area contributed by atoms with E-state index in [0.29, 0.717) is 30.9 Å². The summed E-state index contributed by atoms with van der Waals surface area (Å²) in [4.78, 5) is 45.8. The fraction of sp³-hybridized carbons (Fsp3) is 0.714. The van der Waals surface area contributed by atoms with Crippen molar-refractivity contribution in [3.8, 4) is 11.8 Å². The second kappa shape index (κ2) is 14.3. The van der Waals surface area contributed by atoms with Crippen LogP contribution in [0.4, 0.5) is 4.79 Å². The highest BCUT2D eigenvalue weighted by Gasteiger charge is 2.49. The Morgan fingerprint density at radius 2 is 1.38 bits per heavy atom. The van der Waals surface area contributed by atoms with Crippen LogP contribution >= 0.6 is 0 Å². The lowest BCUT2D eigenvalue weighted by Gasteiger charge is -2.09. The standard InChI is InChI=1S/C21H33N5O6/c22-11-18(27)25-13-20(29)26-12-19(28)23-7-9-31-10-8-24-21(30)32-14-17-15-5-3-1-2-4-6-16(15)17/h15-17H,3-14,22H2,(H,23,28)(H,24,30)(H,25,27)(H,26,29)/t15-,16+,17-. The molecule has 6 N–H and O–H groups in total. The Balaban J connectivity index is 1.39. The summed E-state index contributed by atoms with van der Waals surface area (Å²) in [6, 6.07) is 0. The van der Waals surface area contributed by atoms with Gasteiger partial charge in [0.1, 0.15) is 0 Å². The molecule has 0 spiro atoms. The molecule has 2 aliphatic rings. The van der Waals surface area contributed by atoms with Crippen molar-refractivity contribution in [2.75, 3.05) is 52.5 Å². The molecule has 1 fully saturated rings. The van der Waals surface area contributed by atoms with Gasteiger partial charge < -0.3 is 36.5 Å². The topological polar surface area (TPSA) is 161 Å². The minimum atomic E-state index is -0.489. The zero-order chi connectivity index (χ0) is 23.2. The summed E-state index contributed by atoms with van der Waals surface area (Å²) in [6.07, 6.45) is 3.61. The van der Waals surface area contributed by atoms with Gasteiger partial charge in [0.15, 0.2) is 0 Å². The third-order valence-corrected chi connectivity index (χ3v) is 5.41. The number of rotatable bonds is 13. The molecule has 4 amide bonds. The SMILES string of the molecule is NCC(=O)NCC(=O)NCC(=O)NCCOCCNC(=O)OC[C@@H]1[C@@H]2CCC#CCC[C@@H]21. The van der Waals surface area contributed by atoms with E-state index in [9.17, 15) is 19.2 Å². The van der Waals surface area contributed by atoms with Crippen LogP contribution in [0.15, 0.2) is 0 Å². The van der Waals surface area contributed by atoms with Crippen molar-refractivity contribution < 1.29 is 28.7 Å². The van der Waals surface area contributed by atoms with E-state index in [4.69, 9.17) is 15.2 Å². The van der Waals surface area contributed by atoms with Crippen molar-refractivity contribution in [1.82, 2.24) is 21.3 Å². The summed E-state index contributed by atoms with van der Waals surface area (Å²) in [5.41, 5.74) is 5.10. The first-order chi connectivity index (χ1) is 15.5. The highest BCUT2D eigenvalue weighted by Crippen LogP contribution is 2.52. The van der Waals surface area contributed by atoms with Gasteiger partial charge in [0, 0.05) is 25.9 Å². The molecule has 0 heterocycles. The van der Waals surface area contributed by atoms with E-state index in [1.807, 2.05) is 0 Å². The van der Waals surface area contributed by atoms with Gasteiger partial charge in [-0.05, 0) is 30.6 Å². The fourth-order valence-electron chi connectivity index (χ4n) is 3.65. The molecule has 0 radical (unpaired) electrons. The molecule has 0 bridgehead atoms. The average molecular weight is 452 g/mol. The maximum atomic E-state index is 11.8. The molecule has 0 aromatic carbocycles. The summed E-state index contributed by atoms with van der Waals surface area (Å²) >= 11 is 0. The van der Waals surface area contributed by atoms with Crippen LogP contribution in [0.2, 0.25) is 0 Å². The van der Waals surface area contributed by atoms with Gasteiger partial charge in [-0.3, -0.25) is 14.4 Å². The van der Waals surface area contributed by atoms with Gasteiger partial charge >= 0.3 is 6.09 Å². The van der Waals surface area contributed by atoms with Crippen molar-refractivity contribution in [2.24, 2.45) is 23.5 Å². The third kappa shape index (κ3) is 9.98. The third-order valence-electron chi connectivity index (χ3n) is 5.41. The summed E-state index contributed by atoms with van der Waals surface area (Å²) in [5.74, 6) is 6.74. The number of hydrogen-bond acceptors (Lipinski definition) is 7. The maximum absolute atomic E-state index is 11.8. The van der Waals surface area contributed by atoms with Gasteiger partial charge in [0.05, 0.1) is 39.5 Å². The molecule has 3 atom stereocenters. The van der Waals surface area contributed by atoms with Gasteiger partial charge in [-0.1, -0.05) is 0 Å². The first-order valence-corrected chi connectivity index (χ1v) is 11.0. The summed E-state index contributed by atoms with van der Waals surface area (Å²) in [5, 5.41) is 9.89. The summed E-state index contributed by atoms with van der Waals surface area (Å²) < 4.78 is 10.6. The smallest absolute Gasteiger partial charge is 0.407 e. The quantitative estimate of drug-likeness (QED) is 0.168. The van der Waals surface area contributed by atoms with Crippen LogP contribution in [-0.2, 0) is 23.9 Å². The number of nitrogens with one attached hydrogen (secondary N) is 4. The molecule has 2 rings (SSSR count). The zero-order valence-corrected chi connectivity index (χ0v) is 18.2. The fourth-order valence-corrected chi connectivity index (χ4v) is 3.65. The normalized spacial score (nSPS) is 20.8. The Labute approximate surface area is 187 Å². The number of amides is 4. The molecular weight excluding hydrogens is 418 g/mol. The predicted molar refractivity (Wildman–Crippen MR) is 115 cm³/mol. The number of hydrogen-bond donors (Lipinski definition) is 5. The van der Waals surface area contributed by atoms with Crippen LogP contribution in [0.5, 0.6) is 0 Å². The molecule has 0 aromatic heterocycles. The van der Waals surface area contributed by atoms with Crippen molar-refractivity contribution in [3.63, 3.8) is 0 Å². The maximum Gasteiger partial charge on any atom is 0.407 e. The van der Waals surface area contributed by atoms with E-state index in [1.165, 1.54) is 0 Å². The van der Waals surface area contributed by atoms with Gasteiger partial charge in [0.2, 0.25) is 17.7 Å². The molecule has 178 valence electrons. The van der Waals surface area contributed by atoms with Gasteiger partial charge in [0.25, 0.3) is 0 Å². The summed E-state index contributed by atoms with van der Waals surface area (Å²) in [6.45, 7) is 0.913. The number of fused-ring (bicyclic) bond motifs is 1. The van der Waals surface area contributed by atoms with Crippen LogP contribution in [0.25, 0.3) is 0 Å². The monoisotopic (exact) mass is 451 g/mol. The lowest BCUT2D eigenvalue weighted by atomic mass is 10.1. The summed E-state index contributed by atoms with van der Waals surface area (Å²) in [7, 11) is 0. The molecule has 0 aliphatic heterocycles. The predicted octanol–water partition coefficient (Wildman–Crippen LogP) is -1.52. The minimum Gasteiger partial charge on any atom is -0.449 e. The molecule has 0 saturated heterocycles. The molecule has 2 aliphatic carbocycles. The van der Waals surface area contributed by atoms with Crippen molar-refractivity contribution in [1.29, 1.82) is 0 Å². The van der Waals surface area contributed by atoms with Crippen LogP contribution < -0.4 is 27.0 Å². The number of carbonyl (C=O) groups excluding carboxylic acids is 4. The van der Waals surface area contributed by atoms with E-state index in [2.05, 4.69) is 33.1 Å². The first kappa shape index (κ1) is 25.4. The van der Waals surface area contributed by atoms with Gasteiger partial charge in [-0.25, -0.2) is 4.79 Å². The van der Waals surface area contributed by atoms with Gasteiger partial charge in [-0.15, -0.1) is 11.8 Å². The van der Waals surface area contributed by atoms with E-state index in [0.717, 1.165) is 25.7 Å². The highest BCUT2D eigenvalue weighted by molar-refractivity contribution is 5.88. The van der Waals surface area contributed by atoms with Crippen molar-refractivity contribution in [2.45, 2.75) is 25.7 Å². The van der Waals surface area contributed by atoms with E-state index >= 15 is 0 Å². The molecule has 0 unspecified atom stereocenters. The highest BCUT2D eigenvalue weighted by atomic mass is 16.5. The second-order valence-electron chi connectivity index (χ2n) is 7.67. The Hall–Kier alpha value is -2.84. The Bertz CT molecular complexity index is 701. The second-order valence-corrected chi connectivity index (χ2v) is 7.67. The average Bonchev–Trinajstić information content (AvgIpc) is 3.42. The lowest BCUT2D eigenvalue weighted by molar-refractivity contribution is -0.127. The van der Waals surface area contributed by atoms with Crippen LogP contribution in [0.3, 0.4) is 0 Å². The molecule has 32 heavy (non-hydrogen) atoms. The number of nitrogens with two attached hydrogens (primary N) is 1. The van der Waals surface area contributed by atoms with E-state index < -0.39 is 17.9 Å².